The van der Waals surface area contributed by atoms with Gasteiger partial charge in [-0.3, -0.25) is 14.5 Å². The highest BCUT2D eigenvalue weighted by atomic mass is 16.2. The summed E-state index contributed by atoms with van der Waals surface area (Å²) in [6, 6.07) is 17.6. The minimum Gasteiger partial charge on any atom is -0.361 e. The molecule has 5 rings (SSSR count). The van der Waals surface area contributed by atoms with Crippen molar-refractivity contribution >= 4 is 28.7 Å². The number of carbonyl (C=O) groups is 3. The third-order valence-electron chi connectivity index (χ3n) is 7.51. The maximum atomic E-state index is 13.2. The smallest absolute Gasteiger partial charge is 0.325 e. The second-order valence-corrected chi connectivity index (χ2v) is 9.50. The van der Waals surface area contributed by atoms with E-state index in [1.54, 1.807) is 0 Å². The molecular formula is C27H30N4O3. The lowest BCUT2D eigenvalue weighted by Crippen LogP contribution is -2.54. The Balaban J connectivity index is 1.32. The molecule has 1 aliphatic carbocycles. The van der Waals surface area contributed by atoms with Crippen LogP contribution in [-0.2, 0) is 9.59 Å². The summed E-state index contributed by atoms with van der Waals surface area (Å²) in [6.45, 7) is 2.09. The number of amides is 4. The van der Waals surface area contributed by atoms with Crippen LogP contribution in [0, 0.1) is 5.92 Å². The molecule has 1 aliphatic heterocycles. The van der Waals surface area contributed by atoms with Crippen LogP contribution in [0.5, 0.6) is 0 Å². The van der Waals surface area contributed by atoms with Crippen molar-refractivity contribution in [2.45, 2.75) is 44.1 Å². The van der Waals surface area contributed by atoms with Crippen molar-refractivity contribution in [1.29, 1.82) is 0 Å². The van der Waals surface area contributed by atoms with Crippen LogP contribution in [0.2, 0.25) is 0 Å². The molecule has 3 aromatic rings. The van der Waals surface area contributed by atoms with E-state index in [2.05, 4.69) is 21.7 Å². The monoisotopic (exact) mass is 458 g/mol. The third kappa shape index (κ3) is 3.85. The Kier molecular flexibility index (Phi) is 5.86. The van der Waals surface area contributed by atoms with Crippen LogP contribution in [0.15, 0.2) is 60.8 Å². The summed E-state index contributed by atoms with van der Waals surface area (Å²) < 4.78 is 0. The van der Waals surface area contributed by atoms with Crippen molar-refractivity contribution in [3.05, 3.63) is 71.9 Å². The first-order chi connectivity index (χ1) is 16.5. The molecule has 2 fully saturated rings. The van der Waals surface area contributed by atoms with Gasteiger partial charge in [0.1, 0.15) is 12.1 Å². The number of fused-ring (bicyclic) bond motifs is 1. The molecule has 1 spiro atoms. The van der Waals surface area contributed by atoms with E-state index in [1.165, 1.54) is 0 Å². The van der Waals surface area contributed by atoms with Crippen LogP contribution in [0.3, 0.4) is 0 Å². The highest BCUT2D eigenvalue weighted by molar-refractivity contribution is 6.09. The number of nitrogens with zero attached hydrogens (tertiary/aromatic N) is 1. The van der Waals surface area contributed by atoms with Gasteiger partial charge in [-0.05, 0) is 36.0 Å². The van der Waals surface area contributed by atoms with Crippen LogP contribution in [0.25, 0.3) is 10.9 Å². The average molecular weight is 459 g/mol. The normalized spacial score (nSPS) is 23.3. The van der Waals surface area contributed by atoms with Gasteiger partial charge in [0.2, 0.25) is 5.91 Å². The number of benzene rings is 2. The van der Waals surface area contributed by atoms with Crippen molar-refractivity contribution in [3.63, 3.8) is 0 Å². The van der Waals surface area contributed by atoms with E-state index in [9.17, 15) is 14.4 Å². The number of H-pyrrole nitrogens is 1. The van der Waals surface area contributed by atoms with Gasteiger partial charge in [0.25, 0.3) is 5.91 Å². The Labute approximate surface area is 198 Å². The Hall–Kier alpha value is -3.61. The van der Waals surface area contributed by atoms with Crippen LogP contribution >= 0.6 is 0 Å². The van der Waals surface area contributed by atoms with E-state index in [0.717, 1.165) is 46.2 Å². The number of urea groups is 1. The van der Waals surface area contributed by atoms with E-state index in [0.29, 0.717) is 13.0 Å². The molecule has 3 unspecified atom stereocenters. The number of imide groups is 1. The van der Waals surface area contributed by atoms with Gasteiger partial charge in [0, 0.05) is 29.6 Å². The SMILES string of the molecule is CC1CCCCC12NC(=O)N(CC(=O)NCC(c1ccccc1)c1c[nH]c3ccccc13)C2=O. The van der Waals surface area contributed by atoms with Gasteiger partial charge >= 0.3 is 6.03 Å². The summed E-state index contributed by atoms with van der Waals surface area (Å²) in [4.78, 5) is 43.1. The van der Waals surface area contributed by atoms with Gasteiger partial charge in [-0.15, -0.1) is 0 Å². The number of carbonyl (C=O) groups excluding carboxylic acids is 3. The highest BCUT2D eigenvalue weighted by Gasteiger charge is 2.55. The first-order valence-electron chi connectivity index (χ1n) is 12.0. The van der Waals surface area contributed by atoms with Crippen LogP contribution in [0.1, 0.15) is 49.7 Å². The predicted molar refractivity (Wildman–Crippen MR) is 130 cm³/mol. The zero-order valence-electron chi connectivity index (χ0n) is 19.3. The second-order valence-electron chi connectivity index (χ2n) is 9.50. The van der Waals surface area contributed by atoms with E-state index in [-0.39, 0.29) is 30.2 Å². The van der Waals surface area contributed by atoms with Crippen LogP contribution < -0.4 is 10.6 Å². The second kappa shape index (κ2) is 8.97. The van der Waals surface area contributed by atoms with E-state index < -0.39 is 11.6 Å². The van der Waals surface area contributed by atoms with Gasteiger partial charge in [0.15, 0.2) is 0 Å². The molecule has 0 bridgehead atoms. The van der Waals surface area contributed by atoms with Crippen LogP contribution in [0.4, 0.5) is 4.79 Å². The predicted octanol–water partition coefficient (Wildman–Crippen LogP) is 3.92. The number of para-hydroxylation sites is 1. The maximum Gasteiger partial charge on any atom is 0.325 e. The molecule has 1 saturated carbocycles. The summed E-state index contributed by atoms with van der Waals surface area (Å²) in [7, 11) is 0. The fraction of sp³-hybridized carbons (Fsp3) is 0.370. The Bertz CT molecular complexity index is 1220. The van der Waals surface area contributed by atoms with E-state index >= 15 is 0 Å². The first-order valence-corrected chi connectivity index (χ1v) is 12.0. The Morgan fingerprint density at radius 3 is 2.68 bits per heavy atom. The molecular weight excluding hydrogens is 428 g/mol. The summed E-state index contributed by atoms with van der Waals surface area (Å²) in [5.74, 6) is -0.620. The number of nitrogens with one attached hydrogen (secondary N) is 3. The van der Waals surface area contributed by atoms with Crippen molar-refractivity contribution in [3.8, 4) is 0 Å². The Morgan fingerprint density at radius 2 is 1.88 bits per heavy atom. The molecule has 34 heavy (non-hydrogen) atoms. The molecule has 0 radical (unpaired) electrons. The highest BCUT2D eigenvalue weighted by Crippen LogP contribution is 2.38. The lowest BCUT2D eigenvalue weighted by atomic mass is 9.73. The van der Waals surface area contributed by atoms with Gasteiger partial charge in [0.05, 0.1) is 0 Å². The minimum atomic E-state index is -0.855. The van der Waals surface area contributed by atoms with Gasteiger partial charge in [-0.25, -0.2) is 4.79 Å². The fourth-order valence-corrected chi connectivity index (χ4v) is 5.53. The summed E-state index contributed by atoms with van der Waals surface area (Å²) in [5, 5.41) is 6.99. The standard InChI is InChI=1S/C27H30N4O3/c1-18-9-7-8-14-27(18)25(33)31(26(34)30-27)17-24(32)29-15-21(19-10-3-2-4-11-19)22-16-28-23-13-6-5-12-20(22)23/h2-6,10-13,16,18,21,28H,7-9,14-15,17H2,1H3,(H,29,32)(H,30,34). The molecule has 7 heteroatoms. The van der Waals surface area contributed by atoms with Gasteiger partial charge < -0.3 is 15.6 Å². The van der Waals surface area contributed by atoms with E-state index in [1.807, 2.05) is 61.7 Å². The van der Waals surface area contributed by atoms with Crippen molar-refractivity contribution in [2.75, 3.05) is 13.1 Å². The number of aromatic amines is 1. The molecule has 3 atom stereocenters. The minimum absolute atomic E-state index is 0.0649. The topological polar surface area (TPSA) is 94.3 Å². The number of rotatable bonds is 6. The molecule has 3 N–H and O–H groups in total. The zero-order chi connectivity index (χ0) is 23.7. The maximum absolute atomic E-state index is 13.2. The lowest BCUT2D eigenvalue weighted by Gasteiger charge is -2.36. The van der Waals surface area contributed by atoms with Crippen LogP contribution in [-0.4, -0.2) is 46.4 Å². The molecule has 2 aliphatic rings. The molecule has 1 aromatic heterocycles. The summed E-state index contributed by atoms with van der Waals surface area (Å²) in [5.41, 5.74) is 2.35. The van der Waals surface area contributed by atoms with Gasteiger partial charge in [-0.1, -0.05) is 68.3 Å². The number of hydrogen-bond donors (Lipinski definition) is 3. The Morgan fingerprint density at radius 1 is 1.12 bits per heavy atom. The number of aromatic nitrogens is 1. The summed E-state index contributed by atoms with van der Waals surface area (Å²) in [6.07, 6.45) is 5.48. The molecule has 1 saturated heterocycles. The largest absolute Gasteiger partial charge is 0.361 e. The van der Waals surface area contributed by atoms with Crippen molar-refractivity contribution < 1.29 is 14.4 Å². The third-order valence-corrected chi connectivity index (χ3v) is 7.51. The van der Waals surface area contributed by atoms with Crippen molar-refractivity contribution in [1.82, 2.24) is 20.5 Å². The lowest BCUT2D eigenvalue weighted by molar-refractivity contribution is -0.137. The molecule has 2 aromatic carbocycles. The molecule has 176 valence electrons. The average Bonchev–Trinajstić information content (AvgIpc) is 3.37. The summed E-state index contributed by atoms with van der Waals surface area (Å²) >= 11 is 0. The first kappa shape index (κ1) is 22.2. The molecule has 2 heterocycles. The molecule has 4 amide bonds. The molecule has 7 nitrogen and oxygen atoms in total. The number of hydrogen-bond acceptors (Lipinski definition) is 3. The van der Waals surface area contributed by atoms with Crippen molar-refractivity contribution in [2.24, 2.45) is 5.92 Å². The van der Waals surface area contributed by atoms with Gasteiger partial charge in [-0.2, -0.15) is 0 Å². The fourth-order valence-electron chi connectivity index (χ4n) is 5.53. The van der Waals surface area contributed by atoms with E-state index in [4.69, 9.17) is 0 Å². The zero-order valence-corrected chi connectivity index (χ0v) is 19.3. The quantitative estimate of drug-likeness (QED) is 0.489.